The van der Waals surface area contributed by atoms with Crippen LogP contribution in [0.15, 0.2) is 22.7 Å². The summed E-state index contributed by atoms with van der Waals surface area (Å²) in [6.07, 6.45) is 0. The van der Waals surface area contributed by atoms with Crippen LogP contribution in [0.3, 0.4) is 0 Å². The number of ether oxygens (including phenoxy) is 1. The number of anilines is 1. The summed E-state index contributed by atoms with van der Waals surface area (Å²) in [7, 11) is 0. The molecule has 2 rings (SSSR count). The largest absolute Gasteiger partial charge is 0.485 e. The lowest BCUT2D eigenvalue weighted by molar-refractivity contribution is 0.302. The molecule has 6 heteroatoms. The number of hydrogen-bond acceptors (Lipinski definition) is 5. The Balaban J connectivity index is 2.04. The van der Waals surface area contributed by atoms with Crippen LogP contribution in [0.5, 0.6) is 5.75 Å². The third-order valence-corrected chi connectivity index (χ3v) is 3.27. The van der Waals surface area contributed by atoms with E-state index < -0.39 is 0 Å². The van der Waals surface area contributed by atoms with Gasteiger partial charge in [-0.15, -0.1) is 10.2 Å². The first-order chi connectivity index (χ1) is 7.65. The van der Waals surface area contributed by atoms with Crippen molar-refractivity contribution < 1.29 is 4.74 Å². The summed E-state index contributed by atoms with van der Waals surface area (Å²) in [5, 5.41) is 8.83. The van der Waals surface area contributed by atoms with Crippen LogP contribution >= 0.6 is 27.3 Å². The van der Waals surface area contributed by atoms with Crippen LogP contribution in [-0.4, -0.2) is 10.2 Å². The fourth-order valence-corrected chi connectivity index (χ4v) is 2.32. The molecule has 0 saturated heterocycles. The molecule has 0 saturated carbocycles. The lowest BCUT2D eigenvalue weighted by Crippen LogP contribution is -1.95. The molecule has 0 unspecified atom stereocenters. The Labute approximate surface area is 106 Å². The maximum atomic E-state index is 5.60. The van der Waals surface area contributed by atoms with E-state index in [0.717, 1.165) is 15.2 Å². The molecule has 84 valence electrons. The van der Waals surface area contributed by atoms with Gasteiger partial charge < -0.3 is 10.5 Å². The van der Waals surface area contributed by atoms with Crippen LogP contribution in [0.1, 0.15) is 10.6 Å². The molecule has 0 amide bonds. The second-order valence-corrected chi connectivity index (χ2v) is 5.20. The van der Waals surface area contributed by atoms with Crippen molar-refractivity contribution in [3.8, 4) is 5.75 Å². The zero-order valence-corrected chi connectivity index (χ0v) is 11.0. The average molecular weight is 300 g/mol. The second-order valence-electron chi connectivity index (χ2n) is 3.26. The SMILES string of the molecule is Cc1ccc(OCc2nnc(N)s2)c(Br)c1. The van der Waals surface area contributed by atoms with Crippen molar-refractivity contribution in [2.45, 2.75) is 13.5 Å². The lowest BCUT2D eigenvalue weighted by Gasteiger charge is -2.06. The van der Waals surface area contributed by atoms with Crippen molar-refractivity contribution in [3.05, 3.63) is 33.2 Å². The number of aryl methyl sites for hydroxylation is 1. The van der Waals surface area contributed by atoms with Crippen LogP contribution in [0.4, 0.5) is 5.13 Å². The minimum atomic E-state index is 0.385. The molecular weight excluding hydrogens is 290 g/mol. The molecule has 0 radical (unpaired) electrons. The molecule has 0 spiro atoms. The van der Waals surface area contributed by atoms with Gasteiger partial charge in [0.2, 0.25) is 5.13 Å². The van der Waals surface area contributed by atoms with Gasteiger partial charge in [-0.25, -0.2) is 0 Å². The molecular formula is C10H10BrN3OS. The number of halogens is 1. The Morgan fingerprint density at radius 2 is 2.25 bits per heavy atom. The minimum absolute atomic E-state index is 0.385. The molecule has 1 heterocycles. The van der Waals surface area contributed by atoms with E-state index in [1.807, 2.05) is 25.1 Å². The number of nitrogen functional groups attached to an aromatic ring is 1. The number of nitrogens with zero attached hydrogens (tertiary/aromatic N) is 2. The quantitative estimate of drug-likeness (QED) is 0.947. The van der Waals surface area contributed by atoms with Crippen LogP contribution < -0.4 is 10.5 Å². The van der Waals surface area contributed by atoms with Gasteiger partial charge in [-0.1, -0.05) is 17.4 Å². The first-order valence-electron chi connectivity index (χ1n) is 4.62. The van der Waals surface area contributed by atoms with E-state index in [4.69, 9.17) is 10.5 Å². The van der Waals surface area contributed by atoms with Crippen LogP contribution in [0.2, 0.25) is 0 Å². The predicted molar refractivity (Wildman–Crippen MR) is 67.5 cm³/mol. The fraction of sp³-hybridized carbons (Fsp3) is 0.200. The second kappa shape index (κ2) is 4.80. The molecule has 0 fully saturated rings. The summed E-state index contributed by atoms with van der Waals surface area (Å²) in [4.78, 5) is 0. The molecule has 1 aromatic heterocycles. The van der Waals surface area contributed by atoms with E-state index in [2.05, 4.69) is 26.1 Å². The van der Waals surface area contributed by atoms with Gasteiger partial charge >= 0.3 is 0 Å². The van der Waals surface area contributed by atoms with Gasteiger partial charge in [0.1, 0.15) is 12.4 Å². The molecule has 16 heavy (non-hydrogen) atoms. The lowest BCUT2D eigenvalue weighted by atomic mass is 10.2. The summed E-state index contributed by atoms with van der Waals surface area (Å²) in [5.41, 5.74) is 6.66. The number of benzene rings is 1. The van der Waals surface area contributed by atoms with E-state index in [1.165, 1.54) is 16.9 Å². The monoisotopic (exact) mass is 299 g/mol. The van der Waals surface area contributed by atoms with Crippen molar-refractivity contribution in [2.24, 2.45) is 0 Å². The zero-order chi connectivity index (χ0) is 11.5. The Hall–Kier alpha value is -1.14. The zero-order valence-electron chi connectivity index (χ0n) is 8.61. The Morgan fingerprint density at radius 1 is 1.44 bits per heavy atom. The standard InChI is InChI=1S/C10H10BrN3OS/c1-6-2-3-8(7(11)4-6)15-5-9-13-14-10(12)16-9/h2-4H,5H2,1H3,(H2,12,14). The van der Waals surface area contributed by atoms with E-state index in [9.17, 15) is 0 Å². The van der Waals surface area contributed by atoms with Gasteiger partial charge in [0.25, 0.3) is 0 Å². The maximum absolute atomic E-state index is 5.60. The normalized spacial score (nSPS) is 10.4. The van der Waals surface area contributed by atoms with Gasteiger partial charge in [-0.2, -0.15) is 0 Å². The van der Waals surface area contributed by atoms with Gasteiger partial charge in [0.05, 0.1) is 4.47 Å². The molecule has 2 N–H and O–H groups in total. The highest BCUT2D eigenvalue weighted by atomic mass is 79.9. The summed E-state index contributed by atoms with van der Waals surface area (Å²) in [6, 6.07) is 5.92. The van der Waals surface area contributed by atoms with E-state index in [-0.39, 0.29) is 0 Å². The Morgan fingerprint density at radius 3 is 2.88 bits per heavy atom. The van der Waals surface area contributed by atoms with Crippen LogP contribution in [0.25, 0.3) is 0 Å². The van der Waals surface area contributed by atoms with E-state index in [0.29, 0.717) is 11.7 Å². The Kier molecular flexibility index (Phi) is 3.40. The highest BCUT2D eigenvalue weighted by molar-refractivity contribution is 9.10. The third-order valence-electron chi connectivity index (χ3n) is 1.92. The number of nitrogens with two attached hydrogens (primary N) is 1. The van der Waals surface area contributed by atoms with E-state index in [1.54, 1.807) is 0 Å². The summed E-state index contributed by atoms with van der Waals surface area (Å²) < 4.78 is 6.53. The summed E-state index contributed by atoms with van der Waals surface area (Å²) in [5.74, 6) is 0.791. The molecule has 4 nitrogen and oxygen atoms in total. The summed E-state index contributed by atoms with van der Waals surface area (Å²) >= 11 is 4.77. The molecule has 2 aromatic rings. The molecule has 0 atom stereocenters. The fourth-order valence-electron chi connectivity index (χ4n) is 1.19. The first-order valence-corrected chi connectivity index (χ1v) is 6.23. The van der Waals surface area contributed by atoms with Crippen LogP contribution in [-0.2, 0) is 6.61 Å². The average Bonchev–Trinajstić information content (AvgIpc) is 2.63. The molecule has 0 aliphatic heterocycles. The topological polar surface area (TPSA) is 61.0 Å². The summed E-state index contributed by atoms with van der Waals surface area (Å²) in [6.45, 7) is 2.41. The maximum Gasteiger partial charge on any atom is 0.203 e. The van der Waals surface area contributed by atoms with Crippen LogP contribution in [0, 0.1) is 6.92 Å². The number of rotatable bonds is 3. The highest BCUT2D eigenvalue weighted by Crippen LogP contribution is 2.26. The van der Waals surface area contributed by atoms with Gasteiger partial charge in [0.15, 0.2) is 5.01 Å². The Bertz CT molecular complexity index is 501. The van der Waals surface area contributed by atoms with Gasteiger partial charge in [0, 0.05) is 0 Å². The van der Waals surface area contributed by atoms with Gasteiger partial charge in [-0.3, -0.25) is 0 Å². The molecule has 1 aromatic carbocycles. The van der Waals surface area contributed by atoms with Crippen molar-refractivity contribution in [1.82, 2.24) is 10.2 Å². The van der Waals surface area contributed by atoms with Gasteiger partial charge in [-0.05, 0) is 40.5 Å². The molecule has 0 bridgehead atoms. The minimum Gasteiger partial charge on any atom is -0.485 e. The number of aromatic nitrogens is 2. The van der Waals surface area contributed by atoms with Crippen molar-refractivity contribution >= 4 is 32.4 Å². The third kappa shape index (κ3) is 2.70. The number of hydrogen-bond donors (Lipinski definition) is 1. The predicted octanol–water partition coefficient (Wildman–Crippen LogP) is 2.77. The molecule has 0 aliphatic rings. The van der Waals surface area contributed by atoms with Crippen molar-refractivity contribution in [1.29, 1.82) is 0 Å². The van der Waals surface area contributed by atoms with E-state index >= 15 is 0 Å². The van der Waals surface area contributed by atoms with Crippen molar-refractivity contribution in [2.75, 3.05) is 5.73 Å². The first kappa shape index (κ1) is 11.3. The smallest absolute Gasteiger partial charge is 0.203 e. The van der Waals surface area contributed by atoms with Crippen molar-refractivity contribution in [3.63, 3.8) is 0 Å². The molecule has 0 aliphatic carbocycles. The highest BCUT2D eigenvalue weighted by Gasteiger charge is 2.04.